The molecule has 16 heavy (non-hydrogen) atoms. The van der Waals surface area contributed by atoms with Crippen molar-refractivity contribution in [2.45, 2.75) is 25.9 Å². The lowest BCUT2D eigenvalue weighted by atomic mass is 10.3. The van der Waals surface area contributed by atoms with Gasteiger partial charge in [0.15, 0.2) is 9.84 Å². The predicted molar refractivity (Wildman–Crippen MR) is 64.2 cm³/mol. The zero-order chi connectivity index (χ0) is 12.4. The average Bonchev–Trinajstić information content (AvgIpc) is 2.24. The van der Waals surface area contributed by atoms with E-state index in [0.29, 0.717) is 32.6 Å². The highest BCUT2D eigenvalue weighted by molar-refractivity contribution is 7.91. The summed E-state index contributed by atoms with van der Waals surface area (Å²) in [6, 6.07) is 0. The van der Waals surface area contributed by atoms with Crippen molar-refractivity contribution in [3.63, 3.8) is 0 Å². The normalized spacial score (nSPS) is 13.9. The molecule has 0 aliphatic rings. The highest BCUT2D eigenvalue weighted by atomic mass is 32.2. The Morgan fingerprint density at radius 3 is 2.50 bits per heavy atom. The van der Waals surface area contributed by atoms with Gasteiger partial charge in [0.2, 0.25) is 0 Å². The van der Waals surface area contributed by atoms with Gasteiger partial charge in [-0.05, 0) is 19.8 Å². The van der Waals surface area contributed by atoms with Crippen molar-refractivity contribution >= 4 is 9.84 Å². The Kier molecular flexibility index (Phi) is 8.83. The lowest BCUT2D eigenvalue weighted by molar-refractivity contribution is 0.0671. The molecule has 0 amide bonds. The van der Waals surface area contributed by atoms with Gasteiger partial charge in [-0.15, -0.1) is 0 Å². The zero-order valence-electron chi connectivity index (χ0n) is 10.1. The van der Waals surface area contributed by atoms with Crippen LogP contribution in [0.5, 0.6) is 0 Å². The zero-order valence-corrected chi connectivity index (χ0v) is 11.0. The lowest BCUT2D eigenvalue weighted by Gasteiger charge is -2.14. The first-order valence-electron chi connectivity index (χ1n) is 5.56. The quantitative estimate of drug-likeness (QED) is 0.562. The third-order valence-corrected chi connectivity index (χ3v) is 3.99. The van der Waals surface area contributed by atoms with Crippen LogP contribution in [0.4, 0.5) is 0 Å². The van der Waals surface area contributed by atoms with E-state index in [0.717, 1.165) is 0 Å². The van der Waals surface area contributed by atoms with E-state index in [4.69, 9.17) is 15.2 Å². The van der Waals surface area contributed by atoms with Gasteiger partial charge >= 0.3 is 0 Å². The van der Waals surface area contributed by atoms with Gasteiger partial charge in [-0.1, -0.05) is 0 Å². The fraction of sp³-hybridized carbons (Fsp3) is 1.00. The summed E-state index contributed by atoms with van der Waals surface area (Å²) in [5.41, 5.74) is 5.47. The van der Waals surface area contributed by atoms with Gasteiger partial charge in [0, 0.05) is 26.9 Å². The number of rotatable bonds is 10. The summed E-state index contributed by atoms with van der Waals surface area (Å²) in [5.74, 6) is 0.308. The number of hydrogen-bond donors (Lipinski definition) is 1. The lowest BCUT2D eigenvalue weighted by Crippen LogP contribution is -2.27. The van der Waals surface area contributed by atoms with Crippen LogP contribution in [0.1, 0.15) is 19.8 Å². The molecule has 0 heterocycles. The molecule has 0 aromatic carbocycles. The predicted octanol–water partition coefficient (Wildman–Crippen LogP) is 0.192. The maximum atomic E-state index is 11.6. The van der Waals surface area contributed by atoms with Crippen molar-refractivity contribution in [3.8, 4) is 0 Å². The molecule has 0 aromatic rings. The van der Waals surface area contributed by atoms with Gasteiger partial charge < -0.3 is 15.2 Å². The van der Waals surface area contributed by atoms with E-state index in [9.17, 15) is 8.42 Å². The van der Waals surface area contributed by atoms with Gasteiger partial charge in [0.05, 0.1) is 17.6 Å². The highest BCUT2D eigenvalue weighted by Gasteiger charge is 2.14. The van der Waals surface area contributed by atoms with Crippen LogP contribution in [-0.2, 0) is 19.3 Å². The number of sulfone groups is 1. The van der Waals surface area contributed by atoms with E-state index < -0.39 is 9.84 Å². The molecule has 0 saturated carbocycles. The Morgan fingerprint density at radius 1 is 1.31 bits per heavy atom. The van der Waals surface area contributed by atoms with Crippen LogP contribution in [0.2, 0.25) is 0 Å². The molecule has 0 spiro atoms. The van der Waals surface area contributed by atoms with Crippen LogP contribution >= 0.6 is 0 Å². The third kappa shape index (κ3) is 8.04. The Morgan fingerprint density at radius 2 is 2.00 bits per heavy atom. The first-order valence-corrected chi connectivity index (χ1v) is 7.39. The maximum Gasteiger partial charge on any atom is 0.150 e. The molecule has 2 N–H and O–H groups in total. The van der Waals surface area contributed by atoms with Gasteiger partial charge in [-0.3, -0.25) is 0 Å². The molecule has 0 bridgehead atoms. The van der Waals surface area contributed by atoms with E-state index in [-0.39, 0.29) is 17.6 Å². The third-order valence-electron chi connectivity index (χ3n) is 2.22. The average molecular weight is 253 g/mol. The SMILES string of the molecule is CCOC(CN)CCS(=O)(=O)CCCOC. The van der Waals surface area contributed by atoms with Crippen LogP contribution in [0.25, 0.3) is 0 Å². The van der Waals surface area contributed by atoms with Gasteiger partial charge in [0.25, 0.3) is 0 Å². The summed E-state index contributed by atoms with van der Waals surface area (Å²) in [6.07, 6.45) is 0.864. The molecule has 0 aliphatic heterocycles. The van der Waals surface area contributed by atoms with Crippen LogP contribution in [-0.4, -0.2) is 52.9 Å². The molecule has 0 radical (unpaired) electrons. The molecule has 1 atom stereocenters. The number of ether oxygens (including phenoxy) is 2. The van der Waals surface area contributed by atoms with E-state index in [1.165, 1.54) is 0 Å². The first kappa shape index (κ1) is 15.8. The molecule has 1 unspecified atom stereocenters. The number of hydrogen-bond acceptors (Lipinski definition) is 5. The Labute approximate surface area is 98.2 Å². The van der Waals surface area contributed by atoms with Crippen molar-refractivity contribution in [1.29, 1.82) is 0 Å². The monoisotopic (exact) mass is 253 g/mol. The van der Waals surface area contributed by atoms with Crippen molar-refractivity contribution in [2.24, 2.45) is 5.73 Å². The van der Waals surface area contributed by atoms with Crippen LogP contribution < -0.4 is 5.73 Å². The van der Waals surface area contributed by atoms with Gasteiger partial charge in [0.1, 0.15) is 0 Å². The van der Waals surface area contributed by atoms with Gasteiger partial charge in [-0.2, -0.15) is 0 Å². The summed E-state index contributed by atoms with van der Waals surface area (Å²) < 4.78 is 33.3. The Hall–Kier alpha value is -0.170. The summed E-state index contributed by atoms with van der Waals surface area (Å²) in [4.78, 5) is 0. The highest BCUT2D eigenvalue weighted by Crippen LogP contribution is 2.03. The molecular weight excluding hydrogens is 230 g/mol. The van der Waals surface area contributed by atoms with E-state index in [1.807, 2.05) is 6.92 Å². The summed E-state index contributed by atoms with van der Waals surface area (Å²) >= 11 is 0. The van der Waals surface area contributed by atoms with E-state index in [2.05, 4.69) is 0 Å². The molecular formula is C10H23NO4S. The first-order chi connectivity index (χ1) is 7.55. The fourth-order valence-electron chi connectivity index (χ4n) is 1.34. The number of methoxy groups -OCH3 is 1. The molecule has 0 fully saturated rings. The molecule has 98 valence electrons. The minimum atomic E-state index is -2.99. The number of nitrogens with two attached hydrogens (primary N) is 1. The minimum Gasteiger partial charge on any atom is -0.385 e. The second-order valence-corrected chi connectivity index (χ2v) is 5.90. The Balaban J connectivity index is 3.87. The summed E-state index contributed by atoms with van der Waals surface area (Å²) in [5, 5.41) is 0. The van der Waals surface area contributed by atoms with Crippen molar-refractivity contribution in [3.05, 3.63) is 0 Å². The molecule has 5 nitrogen and oxygen atoms in total. The standard InChI is InChI=1S/C10H23NO4S/c1-3-15-10(9-11)5-8-16(12,13)7-4-6-14-2/h10H,3-9,11H2,1-2H3. The summed E-state index contributed by atoms with van der Waals surface area (Å²) in [7, 11) is -1.43. The van der Waals surface area contributed by atoms with Crippen molar-refractivity contribution in [2.75, 3.05) is 38.4 Å². The van der Waals surface area contributed by atoms with Crippen LogP contribution in [0.15, 0.2) is 0 Å². The second kappa shape index (κ2) is 8.92. The van der Waals surface area contributed by atoms with Crippen molar-refractivity contribution in [1.82, 2.24) is 0 Å². The molecule has 0 aromatic heterocycles. The van der Waals surface area contributed by atoms with Crippen molar-refractivity contribution < 1.29 is 17.9 Å². The maximum absolute atomic E-state index is 11.6. The van der Waals surface area contributed by atoms with Crippen LogP contribution in [0.3, 0.4) is 0 Å². The second-order valence-electron chi connectivity index (χ2n) is 3.60. The molecule has 0 saturated heterocycles. The summed E-state index contributed by atoms with van der Waals surface area (Å²) in [6.45, 7) is 3.27. The smallest absolute Gasteiger partial charge is 0.150 e. The van der Waals surface area contributed by atoms with E-state index >= 15 is 0 Å². The topological polar surface area (TPSA) is 78.6 Å². The van der Waals surface area contributed by atoms with Gasteiger partial charge in [-0.25, -0.2) is 8.42 Å². The Bertz CT molecular complexity index is 254. The molecule has 6 heteroatoms. The van der Waals surface area contributed by atoms with E-state index in [1.54, 1.807) is 7.11 Å². The largest absolute Gasteiger partial charge is 0.385 e. The minimum absolute atomic E-state index is 0.137. The van der Waals surface area contributed by atoms with Crippen LogP contribution in [0, 0.1) is 0 Å². The molecule has 0 rings (SSSR count). The molecule has 0 aliphatic carbocycles. The fourth-order valence-corrected chi connectivity index (χ4v) is 2.72.